The van der Waals surface area contributed by atoms with Gasteiger partial charge in [-0.3, -0.25) is 9.59 Å². The average Bonchev–Trinajstić information content (AvgIpc) is 3.22. The van der Waals surface area contributed by atoms with Crippen LogP contribution in [0.1, 0.15) is 28.3 Å². The zero-order chi connectivity index (χ0) is 21.5. The Kier molecular flexibility index (Phi) is 7.41. The van der Waals surface area contributed by atoms with Crippen LogP contribution >= 0.6 is 0 Å². The summed E-state index contributed by atoms with van der Waals surface area (Å²) in [5, 5.41) is 2.92. The van der Waals surface area contributed by atoms with Crippen LogP contribution in [0.4, 0.5) is 4.39 Å². The molecule has 0 saturated carbocycles. The molecule has 0 spiro atoms. The zero-order valence-corrected chi connectivity index (χ0v) is 17.3. The maximum atomic E-state index is 13.8. The molecule has 1 aliphatic rings. The minimum Gasteiger partial charge on any atom is -0.497 e. The number of methoxy groups -OCH3 is 2. The highest BCUT2D eigenvalue weighted by Crippen LogP contribution is 2.34. The lowest BCUT2D eigenvalue weighted by Gasteiger charge is -2.18. The minimum absolute atomic E-state index is 0.138. The summed E-state index contributed by atoms with van der Waals surface area (Å²) in [5.74, 6) is -0.814. The molecule has 2 aromatic rings. The molecular weight excluding hydrogens is 387 g/mol. The molecule has 1 heterocycles. The first-order valence-corrected chi connectivity index (χ1v) is 9.99. The predicted octanol–water partition coefficient (Wildman–Crippen LogP) is 2.84. The van der Waals surface area contributed by atoms with E-state index < -0.39 is 5.92 Å². The van der Waals surface area contributed by atoms with Gasteiger partial charge in [-0.25, -0.2) is 4.39 Å². The van der Waals surface area contributed by atoms with Crippen molar-refractivity contribution in [3.05, 3.63) is 65.5 Å². The van der Waals surface area contributed by atoms with Gasteiger partial charge >= 0.3 is 0 Å². The van der Waals surface area contributed by atoms with E-state index in [-0.39, 0.29) is 30.1 Å². The molecule has 3 rings (SSSR count). The van der Waals surface area contributed by atoms with Gasteiger partial charge in [-0.05, 0) is 42.3 Å². The van der Waals surface area contributed by atoms with Crippen LogP contribution in [0.25, 0.3) is 0 Å². The van der Waals surface area contributed by atoms with E-state index in [1.807, 2.05) is 0 Å². The van der Waals surface area contributed by atoms with Crippen molar-refractivity contribution in [2.45, 2.75) is 12.3 Å². The molecule has 2 aromatic carbocycles. The van der Waals surface area contributed by atoms with Crippen molar-refractivity contribution in [2.24, 2.45) is 5.92 Å². The van der Waals surface area contributed by atoms with Crippen LogP contribution in [-0.2, 0) is 9.53 Å². The molecule has 1 N–H and O–H groups in total. The number of hydrogen-bond donors (Lipinski definition) is 1. The number of halogens is 1. The Balaban J connectivity index is 1.80. The third-order valence-corrected chi connectivity index (χ3v) is 5.36. The summed E-state index contributed by atoms with van der Waals surface area (Å²) in [5.41, 5.74) is 1.21. The van der Waals surface area contributed by atoms with Gasteiger partial charge in [0.15, 0.2) is 0 Å². The van der Waals surface area contributed by atoms with E-state index in [4.69, 9.17) is 9.47 Å². The number of likely N-dealkylation sites (tertiary alicyclic amines) is 1. The summed E-state index contributed by atoms with van der Waals surface area (Å²) < 4.78 is 24.1. The lowest BCUT2D eigenvalue weighted by molar-refractivity contribution is -0.124. The molecule has 7 heteroatoms. The van der Waals surface area contributed by atoms with E-state index in [0.29, 0.717) is 43.0 Å². The number of rotatable bonds is 8. The molecule has 1 saturated heterocycles. The van der Waals surface area contributed by atoms with Crippen LogP contribution < -0.4 is 10.1 Å². The number of hydrogen-bond acceptors (Lipinski definition) is 4. The van der Waals surface area contributed by atoms with E-state index in [9.17, 15) is 14.0 Å². The lowest BCUT2D eigenvalue weighted by atomic mass is 9.88. The normalized spacial score (nSPS) is 18.3. The topological polar surface area (TPSA) is 67.9 Å². The number of nitrogens with one attached hydrogen (secondary N) is 1. The second-order valence-electron chi connectivity index (χ2n) is 7.35. The van der Waals surface area contributed by atoms with E-state index in [1.54, 1.807) is 55.5 Å². The summed E-state index contributed by atoms with van der Waals surface area (Å²) in [7, 11) is 3.16. The number of benzene rings is 2. The minimum atomic E-state index is -0.455. The fourth-order valence-corrected chi connectivity index (χ4v) is 3.81. The number of nitrogens with zero attached hydrogens (tertiary/aromatic N) is 1. The van der Waals surface area contributed by atoms with Gasteiger partial charge in [-0.2, -0.15) is 0 Å². The maximum absolute atomic E-state index is 13.8. The van der Waals surface area contributed by atoms with Gasteiger partial charge in [-0.15, -0.1) is 0 Å². The van der Waals surface area contributed by atoms with Crippen LogP contribution in [-0.4, -0.2) is 57.2 Å². The Morgan fingerprint density at radius 1 is 1.13 bits per heavy atom. The molecular formula is C23H27FN2O4. The van der Waals surface area contributed by atoms with Crippen LogP contribution in [0.15, 0.2) is 48.5 Å². The zero-order valence-electron chi connectivity index (χ0n) is 17.3. The molecule has 2 amide bonds. The van der Waals surface area contributed by atoms with Crippen molar-refractivity contribution in [3.63, 3.8) is 0 Å². The van der Waals surface area contributed by atoms with Gasteiger partial charge in [0.05, 0.1) is 13.0 Å². The predicted molar refractivity (Wildman–Crippen MR) is 111 cm³/mol. The molecule has 160 valence electrons. The summed E-state index contributed by atoms with van der Waals surface area (Å²) >= 11 is 0. The van der Waals surface area contributed by atoms with Crippen molar-refractivity contribution in [2.75, 3.05) is 40.5 Å². The molecule has 0 aromatic heterocycles. The summed E-state index contributed by atoms with van der Waals surface area (Å²) in [6, 6.07) is 13.2. The molecule has 1 fully saturated rings. The standard InChI is InChI=1S/C23H27FN2O4/c1-29-11-5-10-25-22(27)21-15-26(14-20(21)16-6-3-8-18(24)12-16)23(28)17-7-4-9-19(13-17)30-2/h3-4,6-9,12-13,20-21H,5,10-11,14-15H2,1-2H3,(H,25,27)/t20-,21-/m1/s1. The highest BCUT2D eigenvalue weighted by atomic mass is 19.1. The molecule has 0 radical (unpaired) electrons. The average molecular weight is 414 g/mol. The highest BCUT2D eigenvalue weighted by Gasteiger charge is 2.40. The Labute approximate surface area is 176 Å². The van der Waals surface area contributed by atoms with E-state index in [2.05, 4.69) is 5.32 Å². The third-order valence-electron chi connectivity index (χ3n) is 5.36. The van der Waals surface area contributed by atoms with E-state index in [1.165, 1.54) is 12.1 Å². The second kappa shape index (κ2) is 10.2. The number of ether oxygens (including phenoxy) is 2. The molecule has 6 nitrogen and oxygen atoms in total. The molecule has 0 aliphatic carbocycles. The van der Waals surface area contributed by atoms with Crippen molar-refractivity contribution in [3.8, 4) is 5.75 Å². The van der Waals surface area contributed by atoms with Crippen molar-refractivity contribution in [1.82, 2.24) is 10.2 Å². The van der Waals surface area contributed by atoms with Gasteiger partial charge in [-0.1, -0.05) is 18.2 Å². The summed E-state index contributed by atoms with van der Waals surface area (Å²) in [6.07, 6.45) is 0.700. The molecule has 2 atom stereocenters. The van der Waals surface area contributed by atoms with Crippen LogP contribution in [0.5, 0.6) is 5.75 Å². The van der Waals surface area contributed by atoms with Crippen molar-refractivity contribution >= 4 is 11.8 Å². The SMILES string of the molecule is COCCCNC(=O)[C@@H]1CN(C(=O)c2cccc(OC)c2)C[C@@H]1c1cccc(F)c1. The first kappa shape index (κ1) is 21.8. The first-order valence-electron chi connectivity index (χ1n) is 9.99. The maximum Gasteiger partial charge on any atom is 0.254 e. The third kappa shape index (κ3) is 5.16. The Bertz CT molecular complexity index is 889. The number of carbonyl (C=O) groups is 2. The highest BCUT2D eigenvalue weighted by molar-refractivity contribution is 5.95. The lowest BCUT2D eigenvalue weighted by Crippen LogP contribution is -2.36. The monoisotopic (exact) mass is 414 g/mol. The van der Waals surface area contributed by atoms with Crippen molar-refractivity contribution in [1.29, 1.82) is 0 Å². The Hall–Kier alpha value is -2.93. The first-order chi connectivity index (χ1) is 14.5. The van der Waals surface area contributed by atoms with Gasteiger partial charge in [0.25, 0.3) is 5.91 Å². The summed E-state index contributed by atoms with van der Waals surface area (Å²) in [4.78, 5) is 27.6. The molecule has 30 heavy (non-hydrogen) atoms. The molecule has 1 aliphatic heterocycles. The second-order valence-corrected chi connectivity index (χ2v) is 7.35. The quantitative estimate of drug-likeness (QED) is 0.675. The Morgan fingerprint density at radius 3 is 2.67 bits per heavy atom. The molecule has 0 bridgehead atoms. The largest absolute Gasteiger partial charge is 0.497 e. The summed E-state index contributed by atoms with van der Waals surface area (Å²) in [6.45, 7) is 1.66. The van der Waals surface area contributed by atoms with Gasteiger partial charge in [0.1, 0.15) is 11.6 Å². The van der Waals surface area contributed by atoms with Crippen LogP contribution in [0, 0.1) is 11.7 Å². The fraction of sp³-hybridized carbons (Fsp3) is 0.391. The van der Waals surface area contributed by atoms with E-state index >= 15 is 0 Å². The molecule has 0 unspecified atom stereocenters. The smallest absolute Gasteiger partial charge is 0.254 e. The van der Waals surface area contributed by atoms with Crippen molar-refractivity contribution < 1.29 is 23.5 Å². The van der Waals surface area contributed by atoms with Gasteiger partial charge in [0, 0.05) is 44.8 Å². The number of carbonyl (C=O) groups excluding carboxylic acids is 2. The van der Waals surface area contributed by atoms with Gasteiger partial charge in [0.2, 0.25) is 5.91 Å². The fourth-order valence-electron chi connectivity index (χ4n) is 3.81. The van der Waals surface area contributed by atoms with Crippen LogP contribution in [0.3, 0.4) is 0 Å². The van der Waals surface area contributed by atoms with Gasteiger partial charge < -0.3 is 19.7 Å². The Morgan fingerprint density at radius 2 is 1.93 bits per heavy atom. The number of amides is 2. The van der Waals surface area contributed by atoms with Crippen LogP contribution in [0.2, 0.25) is 0 Å². The van der Waals surface area contributed by atoms with E-state index in [0.717, 1.165) is 0 Å².